The lowest BCUT2D eigenvalue weighted by atomic mass is 10.1. The normalized spacial score (nSPS) is 16.5. The van der Waals surface area contributed by atoms with Gasteiger partial charge in [-0.05, 0) is 24.5 Å². The number of carbonyl (C=O) groups is 1. The topological polar surface area (TPSA) is 75.7 Å². The fourth-order valence-corrected chi connectivity index (χ4v) is 3.56. The van der Waals surface area contributed by atoms with Crippen molar-refractivity contribution in [1.29, 1.82) is 0 Å². The van der Waals surface area contributed by atoms with E-state index in [1.54, 1.807) is 0 Å². The number of amides is 1. The highest BCUT2D eigenvalue weighted by Gasteiger charge is 2.26. The average Bonchev–Trinajstić information content (AvgIpc) is 2.59. The third-order valence-corrected chi connectivity index (χ3v) is 5.37. The molecule has 1 saturated heterocycles. The Labute approximate surface area is 162 Å². The van der Waals surface area contributed by atoms with Crippen molar-refractivity contribution >= 4 is 33.4 Å². The third-order valence-electron chi connectivity index (χ3n) is 3.42. The summed E-state index contributed by atoms with van der Waals surface area (Å²) < 4.78 is 30.5. The number of sulfonamides is 1. The maximum atomic E-state index is 12.0. The number of carbonyl (C=O) groups excluding carboxylic acids is 1. The van der Waals surface area contributed by atoms with Crippen LogP contribution in [0, 0.1) is 5.92 Å². The summed E-state index contributed by atoms with van der Waals surface area (Å²) in [7, 11) is -3.41. The average molecular weight is 439 g/mol. The van der Waals surface area contributed by atoms with E-state index in [4.69, 9.17) is 4.74 Å². The molecule has 0 bridgehead atoms. The van der Waals surface area contributed by atoms with Crippen LogP contribution in [0.4, 0.5) is 0 Å². The maximum Gasteiger partial charge on any atom is 0.243 e. The molecule has 1 aliphatic heterocycles. The van der Waals surface area contributed by atoms with E-state index >= 15 is 0 Å². The first-order valence-electron chi connectivity index (χ1n) is 8.14. The molecule has 146 valence electrons. The maximum absolute atomic E-state index is 12.0. The molecule has 0 aromatic carbocycles. The lowest BCUT2D eigenvalue weighted by Gasteiger charge is -2.26. The van der Waals surface area contributed by atoms with Gasteiger partial charge in [-0.15, -0.1) is 17.0 Å². The highest BCUT2D eigenvalue weighted by molar-refractivity contribution is 8.93. The summed E-state index contributed by atoms with van der Waals surface area (Å²) in [5.41, 5.74) is 0. The molecular formula is C17H31BrN2O4S. The fraction of sp³-hybridized carbons (Fsp3) is 0.588. The molecule has 0 radical (unpaired) electrons. The summed E-state index contributed by atoms with van der Waals surface area (Å²) >= 11 is 0. The molecular weight excluding hydrogens is 408 g/mol. The Morgan fingerprint density at radius 1 is 1.32 bits per heavy atom. The molecule has 1 atom stereocenters. The molecule has 25 heavy (non-hydrogen) atoms. The van der Waals surface area contributed by atoms with Gasteiger partial charge in [-0.1, -0.05) is 39.5 Å². The zero-order valence-corrected chi connectivity index (χ0v) is 17.7. The Morgan fingerprint density at radius 2 is 1.92 bits per heavy atom. The summed E-state index contributed by atoms with van der Waals surface area (Å²) in [5, 5.41) is 2.65. The number of nitrogens with one attached hydrogen (secondary N) is 1. The molecule has 1 heterocycles. The first-order chi connectivity index (χ1) is 11.4. The predicted molar refractivity (Wildman–Crippen MR) is 108 cm³/mol. The summed E-state index contributed by atoms with van der Waals surface area (Å²) in [6.07, 6.45) is 7.36. The zero-order valence-electron chi connectivity index (χ0n) is 15.1. The van der Waals surface area contributed by atoms with Crippen LogP contribution in [0.5, 0.6) is 0 Å². The number of rotatable bonds is 9. The summed E-state index contributed by atoms with van der Waals surface area (Å²) in [6.45, 7) is 13.7. The number of allylic oxidation sites excluding steroid dienone is 3. The minimum absolute atomic E-state index is 0. The van der Waals surface area contributed by atoms with Crippen molar-refractivity contribution in [2.75, 3.05) is 32.8 Å². The molecule has 0 aromatic rings. The lowest BCUT2D eigenvalue weighted by molar-refractivity contribution is -0.109. The highest BCUT2D eigenvalue weighted by Crippen LogP contribution is 2.15. The highest BCUT2D eigenvalue weighted by atomic mass is 79.9. The van der Waals surface area contributed by atoms with Crippen LogP contribution in [0.2, 0.25) is 0 Å². The summed E-state index contributed by atoms with van der Waals surface area (Å²) in [5.74, 6) is 0.625. The Balaban J connectivity index is 0. The van der Waals surface area contributed by atoms with Crippen molar-refractivity contribution in [2.45, 2.75) is 26.7 Å². The molecule has 1 amide bonds. The molecule has 0 aromatic heterocycles. The van der Waals surface area contributed by atoms with E-state index < -0.39 is 10.0 Å². The number of halogens is 1. The van der Waals surface area contributed by atoms with Gasteiger partial charge in [0, 0.05) is 19.6 Å². The second-order valence-electron chi connectivity index (χ2n) is 5.45. The van der Waals surface area contributed by atoms with Crippen molar-refractivity contribution in [3.8, 4) is 0 Å². The van der Waals surface area contributed by atoms with Gasteiger partial charge in [-0.2, -0.15) is 4.31 Å². The number of hydrogen-bond donors (Lipinski definition) is 1. The predicted octanol–water partition coefficient (Wildman–Crippen LogP) is 2.65. The minimum Gasteiger partial charge on any atom is -0.379 e. The molecule has 1 fully saturated rings. The molecule has 8 heteroatoms. The largest absolute Gasteiger partial charge is 0.379 e. The van der Waals surface area contributed by atoms with E-state index in [-0.39, 0.29) is 21.9 Å². The van der Waals surface area contributed by atoms with Gasteiger partial charge in [0.2, 0.25) is 16.4 Å². The van der Waals surface area contributed by atoms with Gasteiger partial charge in [0.1, 0.15) is 0 Å². The van der Waals surface area contributed by atoms with E-state index in [1.165, 1.54) is 35.4 Å². The molecule has 1 N–H and O–H groups in total. The van der Waals surface area contributed by atoms with Gasteiger partial charge in [0.05, 0.1) is 18.1 Å². The minimum atomic E-state index is -3.41. The number of nitrogens with zero attached hydrogens (tertiary/aromatic N) is 1. The quantitative estimate of drug-likeness (QED) is 0.443. The van der Waals surface area contributed by atoms with Crippen LogP contribution < -0.4 is 5.32 Å². The Kier molecular flexibility index (Phi) is 16.1. The standard InChI is InChI=1S/C10H15NO3S.C7H15NO.BrH/c1-3-5-10(4-2)15(12,13)11-6-8-14-9-7-11;1-3-4-7(2)5-8-6-9;/h3-5H,1-2,6-9H2;6-7H,3-5H2,1-2H3,(H,8,9);1H/b10-5+;;. The Bertz CT molecular complexity index is 515. The number of ether oxygens (including phenoxy) is 1. The number of morpholine rings is 1. The monoisotopic (exact) mass is 438 g/mol. The Hall–Kier alpha value is -0.960. The van der Waals surface area contributed by atoms with Crippen LogP contribution in [0.15, 0.2) is 36.3 Å². The van der Waals surface area contributed by atoms with Crippen molar-refractivity contribution in [2.24, 2.45) is 5.92 Å². The third kappa shape index (κ3) is 10.6. The van der Waals surface area contributed by atoms with Gasteiger partial charge in [-0.25, -0.2) is 8.42 Å². The smallest absolute Gasteiger partial charge is 0.243 e. The van der Waals surface area contributed by atoms with Gasteiger partial charge >= 0.3 is 0 Å². The van der Waals surface area contributed by atoms with Gasteiger partial charge in [0.25, 0.3) is 0 Å². The molecule has 1 rings (SSSR count). The van der Waals surface area contributed by atoms with Crippen LogP contribution in [0.1, 0.15) is 26.7 Å². The van der Waals surface area contributed by atoms with E-state index in [0.29, 0.717) is 32.2 Å². The van der Waals surface area contributed by atoms with Crippen LogP contribution in [-0.4, -0.2) is 52.0 Å². The van der Waals surface area contributed by atoms with Crippen LogP contribution >= 0.6 is 17.0 Å². The van der Waals surface area contributed by atoms with Gasteiger partial charge < -0.3 is 10.1 Å². The molecule has 0 saturated carbocycles. The first kappa shape index (κ1) is 26.3. The second-order valence-corrected chi connectivity index (χ2v) is 7.38. The van der Waals surface area contributed by atoms with Crippen LogP contribution in [0.25, 0.3) is 0 Å². The van der Waals surface area contributed by atoms with Gasteiger partial charge in [-0.3, -0.25) is 4.79 Å². The molecule has 1 aliphatic rings. The molecule has 0 aliphatic carbocycles. The lowest BCUT2D eigenvalue weighted by Crippen LogP contribution is -2.40. The van der Waals surface area contributed by atoms with Crippen molar-refractivity contribution in [3.05, 3.63) is 36.3 Å². The van der Waals surface area contributed by atoms with Crippen molar-refractivity contribution < 1.29 is 17.9 Å². The molecule has 0 spiro atoms. The van der Waals surface area contributed by atoms with Crippen LogP contribution in [0.3, 0.4) is 0 Å². The fourth-order valence-electron chi connectivity index (χ4n) is 2.16. The van der Waals surface area contributed by atoms with Crippen LogP contribution in [-0.2, 0) is 19.6 Å². The van der Waals surface area contributed by atoms with E-state index in [2.05, 4.69) is 32.3 Å². The SMILES string of the molecule is Br.C=C/C=C(\C=C)S(=O)(=O)N1CCOCC1.CCCC(C)CNC=O. The van der Waals surface area contributed by atoms with Crippen molar-refractivity contribution in [3.63, 3.8) is 0 Å². The summed E-state index contributed by atoms with van der Waals surface area (Å²) in [4.78, 5) is 9.98. The van der Waals surface area contributed by atoms with E-state index in [9.17, 15) is 13.2 Å². The van der Waals surface area contributed by atoms with Crippen molar-refractivity contribution in [1.82, 2.24) is 9.62 Å². The Morgan fingerprint density at radius 3 is 2.36 bits per heavy atom. The molecule has 6 nitrogen and oxygen atoms in total. The van der Waals surface area contributed by atoms with E-state index in [0.717, 1.165) is 13.0 Å². The second kappa shape index (κ2) is 15.3. The molecule has 1 unspecified atom stereocenters. The first-order valence-corrected chi connectivity index (χ1v) is 9.58. The summed E-state index contributed by atoms with van der Waals surface area (Å²) in [6, 6.07) is 0. The van der Waals surface area contributed by atoms with Gasteiger partial charge in [0.15, 0.2) is 0 Å². The number of hydrogen-bond acceptors (Lipinski definition) is 4. The zero-order chi connectivity index (χ0) is 18.4. The van der Waals surface area contributed by atoms with E-state index in [1.807, 2.05) is 0 Å².